The Balaban J connectivity index is 1.63. The van der Waals surface area contributed by atoms with Crippen molar-refractivity contribution in [1.29, 1.82) is 0 Å². The van der Waals surface area contributed by atoms with Gasteiger partial charge in [-0.2, -0.15) is 5.10 Å². The molecule has 4 nitrogen and oxygen atoms in total. The molecule has 1 N–H and O–H groups in total. The molecule has 124 valence electrons. The van der Waals surface area contributed by atoms with Crippen LogP contribution < -0.4 is 10.3 Å². The van der Waals surface area contributed by atoms with Crippen LogP contribution in [0.5, 0.6) is 0 Å². The second kappa shape index (κ2) is 7.25. The number of nitrogens with zero attached hydrogens (tertiary/aromatic N) is 2. The molecule has 2 aromatic rings. The summed E-state index contributed by atoms with van der Waals surface area (Å²) in [6, 6.07) is 12.2. The summed E-state index contributed by atoms with van der Waals surface area (Å²) in [4.78, 5) is 14.0. The van der Waals surface area contributed by atoms with Crippen LogP contribution in [-0.4, -0.2) is 25.2 Å². The predicted octanol–water partition coefficient (Wildman–Crippen LogP) is 3.50. The molecule has 0 bridgehead atoms. The Morgan fingerprint density at radius 1 is 1.17 bits per heavy atom. The lowest BCUT2D eigenvalue weighted by atomic mass is 10.1. The third kappa shape index (κ3) is 3.79. The van der Waals surface area contributed by atoms with Crippen LogP contribution in [0.25, 0.3) is 0 Å². The van der Waals surface area contributed by atoms with Gasteiger partial charge in [0.1, 0.15) is 5.82 Å². The lowest BCUT2D eigenvalue weighted by Crippen LogP contribution is -2.19. The van der Waals surface area contributed by atoms with Gasteiger partial charge in [0, 0.05) is 18.7 Å². The number of anilines is 1. The van der Waals surface area contributed by atoms with E-state index >= 15 is 0 Å². The number of carbonyl (C=O) groups excluding carboxylic acids is 1. The maximum atomic E-state index is 14.2. The molecule has 24 heavy (non-hydrogen) atoms. The SMILES string of the molecule is Cc1ccc(C(=O)N/N=C\c2ccc(N3CCCC3)c(F)c2)cc1. The molecule has 1 aliphatic heterocycles. The van der Waals surface area contributed by atoms with Gasteiger partial charge >= 0.3 is 0 Å². The van der Waals surface area contributed by atoms with E-state index in [-0.39, 0.29) is 11.7 Å². The number of hydrazone groups is 1. The fraction of sp³-hybridized carbons (Fsp3) is 0.263. The molecule has 0 radical (unpaired) electrons. The van der Waals surface area contributed by atoms with E-state index in [9.17, 15) is 9.18 Å². The maximum absolute atomic E-state index is 14.2. The van der Waals surface area contributed by atoms with E-state index in [4.69, 9.17) is 0 Å². The number of hydrogen-bond acceptors (Lipinski definition) is 3. The molecule has 0 unspecified atom stereocenters. The Morgan fingerprint density at radius 3 is 2.54 bits per heavy atom. The number of hydrogen-bond donors (Lipinski definition) is 1. The van der Waals surface area contributed by atoms with E-state index in [0.29, 0.717) is 16.8 Å². The first kappa shape index (κ1) is 16.2. The number of halogens is 1. The van der Waals surface area contributed by atoms with Crippen molar-refractivity contribution in [2.24, 2.45) is 5.10 Å². The normalized spacial score (nSPS) is 14.3. The van der Waals surface area contributed by atoms with Crippen molar-refractivity contribution in [2.75, 3.05) is 18.0 Å². The van der Waals surface area contributed by atoms with Gasteiger partial charge in [0.2, 0.25) is 0 Å². The second-order valence-corrected chi connectivity index (χ2v) is 5.97. The fourth-order valence-corrected chi connectivity index (χ4v) is 2.75. The highest BCUT2D eigenvalue weighted by Gasteiger charge is 2.15. The van der Waals surface area contributed by atoms with E-state index in [2.05, 4.69) is 15.4 Å². The van der Waals surface area contributed by atoms with E-state index in [1.165, 1.54) is 12.3 Å². The van der Waals surface area contributed by atoms with Crippen molar-refractivity contribution < 1.29 is 9.18 Å². The highest BCUT2D eigenvalue weighted by Crippen LogP contribution is 2.23. The summed E-state index contributed by atoms with van der Waals surface area (Å²) in [5, 5.41) is 3.90. The Morgan fingerprint density at radius 2 is 1.88 bits per heavy atom. The number of aryl methyl sites for hydroxylation is 1. The van der Waals surface area contributed by atoms with E-state index < -0.39 is 0 Å². The van der Waals surface area contributed by atoms with Crippen LogP contribution in [0.2, 0.25) is 0 Å². The lowest BCUT2D eigenvalue weighted by molar-refractivity contribution is 0.0955. The fourth-order valence-electron chi connectivity index (χ4n) is 2.75. The molecule has 1 aliphatic rings. The zero-order valence-corrected chi connectivity index (χ0v) is 13.6. The standard InChI is InChI=1S/C19H20FN3O/c1-14-4-7-16(8-5-14)19(24)22-21-13-15-6-9-18(17(20)12-15)23-10-2-3-11-23/h4-9,12-13H,2-3,10-11H2,1H3,(H,22,24)/b21-13-. The Bertz CT molecular complexity index is 750. The average molecular weight is 325 g/mol. The number of rotatable bonds is 4. The Hall–Kier alpha value is -2.69. The average Bonchev–Trinajstić information content (AvgIpc) is 3.10. The van der Waals surface area contributed by atoms with Crippen molar-refractivity contribution in [3.63, 3.8) is 0 Å². The van der Waals surface area contributed by atoms with E-state index in [1.807, 2.05) is 19.1 Å². The molecule has 1 fully saturated rings. The molecule has 0 aliphatic carbocycles. The van der Waals surface area contributed by atoms with Gasteiger partial charge in [0.25, 0.3) is 5.91 Å². The van der Waals surface area contributed by atoms with Crippen molar-refractivity contribution >= 4 is 17.8 Å². The molecule has 0 atom stereocenters. The highest BCUT2D eigenvalue weighted by molar-refractivity contribution is 5.94. The van der Waals surface area contributed by atoms with Crippen LogP contribution in [0.1, 0.15) is 34.3 Å². The second-order valence-electron chi connectivity index (χ2n) is 5.97. The van der Waals surface area contributed by atoms with Crippen molar-refractivity contribution in [1.82, 2.24) is 5.43 Å². The van der Waals surface area contributed by atoms with Crippen LogP contribution >= 0.6 is 0 Å². The van der Waals surface area contributed by atoms with Crippen LogP contribution in [0.4, 0.5) is 10.1 Å². The van der Waals surface area contributed by atoms with Crippen molar-refractivity contribution in [3.05, 3.63) is 65.0 Å². The van der Waals surface area contributed by atoms with Gasteiger partial charge in [-0.3, -0.25) is 4.79 Å². The van der Waals surface area contributed by atoms with Crippen LogP contribution in [0.15, 0.2) is 47.6 Å². The molecule has 3 rings (SSSR count). The summed E-state index contributed by atoms with van der Waals surface area (Å²) in [6.45, 7) is 3.76. The van der Waals surface area contributed by atoms with Crippen LogP contribution in [0, 0.1) is 12.7 Å². The van der Waals surface area contributed by atoms with Crippen molar-refractivity contribution in [3.8, 4) is 0 Å². The quantitative estimate of drug-likeness (QED) is 0.691. The number of carbonyl (C=O) groups is 1. The van der Waals surface area contributed by atoms with Gasteiger partial charge in [-0.25, -0.2) is 9.82 Å². The smallest absolute Gasteiger partial charge is 0.271 e. The topological polar surface area (TPSA) is 44.7 Å². The van der Waals surface area contributed by atoms with Gasteiger partial charge in [-0.15, -0.1) is 0 Å². The summed E-state index contributed by atoms with van der Waals surface area (Å²) in [6.07, 6.45) is 3.66. The van der Waals surface area contributed by atoms with Gasteiger partial charge < -0.3 is 4.90 Å². The lowest BCUT2D eigenvalue weighted by Gasteiger charge is -2.18. The van der Waals surface area contributed by atoms with Gasteiger partial charge in [-0.1, -0.05) is 23.8 Å². The molecule has 1 amide bonds. The number of amides is 1. The first-order valence-corrected chi connectivity index (χ1v) is 8.08. The molecule has 1 saturated heterocycles. The molecule has 1 heterocycles. The molecule has 0 aromatic heterocycles. The third-order valence-corrected chi connectivity index (χ3v) is 4.11. The highest BCUT2D eigenvalue weighted by atomic mass is 19.1. The first-order valence-electron chi connectivity index (χ1n) is 8.08. The molecule has 5 heteroatoms. The van der Waals surface area contributed by atoms with Crippen molar-refractivity contribution in [2.45, 2.75) is 19.8 Å². The summed E-state index contributed by atoms with van der Waals surface area (Å²) >= 11 is 0. The van der Waals surface area contributed by atoms with Crippen LogP contribution in [0.3, 0.4) is 0 Å². The molecule has 0 spiro atoms. The largest absolute Gasteiger partial charge is 0.369 e. The molecular weight excluding hydrogens is 305 g/mol. The molecular formula is C19H20FN3O. The predicted molar refractivity (Wildman–Crippen MR) is 94.1 cm³/mol. The van der Waals surface area contributed by atoms with E-state index in [0.717, 1.165) is 31.5 Å². The first-order chi connectivity index (χ1) is 11.6. The number of benzene rings is 2. The zero-order valence-electron chi connectivity index (χ0n) is 13.6. The molecule has 0 saturated carbocycles. The summed E-state index contributed by atoms with van der Waals surface area (Å²) < 4.78 is 14.2. The Kier molecular flexibility index (Phi) is 4.89. The van der Waals surface area contributed by atoms with Gasteiger partial charge in [-0.05, 0) is 49.6 Å². The van der Waals surface area contributed by atoms with Gasteiger partial charge in [0.15, 0.2) is 0 Å². The minimum absolute atomic E-state index is 0.259. The van der Waals surface area contributed by atoms with E-state index in [1.54, 1.807) is 24.3 Å². The maximum Gasteiger partial charge on any atom is 0.271 e. The van der Waals surface area contributed by atoms with Gasteiger partial charge in [0.05, 0.1) is 11.9 Å². The zero-order chi connectivity index (χ0) is 16.9. The summed E-state index contributed by atoms with van der Waals surface area (Å²) in [5.41, 5.74) is 5.32. The molecule has 2 aromatic carbocycles. The monoisotopic (exact) mass is 325 g/mol. The third-order valence-electron chi connectivity index (χ3n) is 4.11. The Labute approximate surface area is 141 Å². The summed E-state index contributed by atoms with van der Waals surface area (Å²) in [7, 11) is 0. The minimum Gasteiger partial charge on any atom is -0.369 e. The number of nitrogens with one attached hydrogen (secondary N) is 1. The minimum atomic E-state index is -0.291. The van der Waals surface area contributed by atoms with Crippen LogP contribution in [-0.2, 0) is 0 Å². The summed E-state index contributed by atoms with van der Waals surface area (Å²) in [5.74, 6) is -0.550.